The first-order chi connectivity index (χ1) is 16.1. The molecule has 0 unspecified atom stereocenters. The van der Waals surface area contributed by atoms with Crippen LogP contribution in [-0.4, -0.2) is 10.5 Å². The van der Waals surface area contributed by atoms with Crippen molar-refractivity contribution in [1.29, 1.82) is 0 Å². The largest absolute Gasteiger partial charge is 0.317 e. The highest BCUT2D eigenvalue weighted by atomic mass is 32.2. The van der Waals surface area contributed by atoms with E-state index in [1.54, 1.807) is 0 Å². The lowest BCUT2D eigenvalue weighted by molar-refractivity contribution is 0.269. The number of hydrogen-bond donors (Lipinski definition) is 2. The van der Waals surface area contributed by atoms with Crippen molar-refractivity contribution in [1.82, 2.24) is 0 Å². The van der Waals surface area contributed by atoms with Crippen molar-refractivity contribution in [2.75, 3.05) is 10.6 Å². The van der Waals surface area contributed by atoms with Gasteiger partial charge in [0.2, 0.25) is 0 Å². The van der Waals surface area contributed by atoms with Gasteiger partial charge in [-0.3, -0.25) is 9.59 Å². The van der Waals surface area contributed by atoms with E-state index in [4.69, 9.17) is 0 Å². The van der Waals surface area contributed by atoms with E-state index in [0.29, 0.717) is 0 Å². The highest BCUT2D eigenvalue weighted by Gasteiger charge is 2.07. The second-order valence-electron chi connectivity index (χ2n) is 7.23. The smallest absolute Gasteiger partial charge is 0.288 e. The summed E-state index contributed by atoms with van der Waals surface area (Å²) in [7, 11) is 0. The van der Waals surface area contributed by atoms with Crippen molar-refractivity contribution in [2.45, 2.75) is 16.2 Å². The molecule has 4 nitrogen and oxygen atoms in total. The first-order valence-corrected chi connectivity index (χ1v) is 12.0. The van der Waals surface area contributed by atoms with E-state index < -0.39 is 0 Å². The molecule has 2 amide bonds. The average molecular weight is 471 g/mol. The van der Waals surface area contributed by atoms with Crippen LogP contribution >= 0.6 is 23.5 Å². The quantitative estimate of drug-likeness (QED) is 0.281. The van der Waals surface area contributed by atoms with Crippen LogP contribution in [0.1, 0.15) is 11.1 Å². The van der Waals surface area contributed by atoms with E-state index >= 15 is 0 Å². The second-order valence-corrected chi connectivity index (χ2v) is 9.32. The lowest BCUT2D eigenvalue weighted by atomic mass is 10.0. The van der Waals surface area contributed by atoms with Gasteiger partial charge in [0.05, 0.1) is 0 Å². The van der Waals surface area contributed by atoms with Gasteiger partial charge in [0.15, 0.2) is 0 Å². The third-order valence-electron chi connectivity index (χ3n) is 4.72. The lowest BCUT2D eigenvalue weighted by Crippen LogP contribution is -2.05. The highest BCUT2D eigenvalue weighted by molar-refractivity contribution is 8.14. The van der Waals surface area contributed by atoms with E-state index in [2.05, 4.69) is 10.6 Å². The summed E-state index contributed by atoms with van der Waals surface area (Å²) in [6.45, 7) is 0. The van der Waals surface area contributed by atoms with Crippen molar-refractivity contribution >= 4 is 45.4 Å². The van der Waals surface area contributed by atoms with Gasteiger partial charge in [-0.25, -0.2) is 0 Å². The molecular formula is C27H22N2O2S2. The first-order valence-electron chi connectivity index (χ1n) is 10.4. The van der Waals surface area contributed by atoms with Crippen molar-refractivity contribution in [2.24, 2.45) is 0 Å². The minimum atomic E-state index is -0.114. The molecule has 0 heterocycles. The van der Waals surface area contributed by atoms with Crippen LogP contribution in [0, 0.1) is 0 Å². The summed E-state index contributed by atoms with van der Waals surface area (Å²) in [5.41, 5.74) is 3.81. The number of hydrogen-bond acceptors (Lipinski definition) is 4. The van der Waals surface area contributed by atoms with Gasteiger partial charge in [-0.1, -0.05) is 60.7 Å². The number of nitrogens with one attached hydrogen (secondary N) is 2. The van der Waals surface area contributed by atoms with Crippen LogP contribution in [0.25, 0.3) is 0 Å². The molecule has 0 aromatic heterocycles. The molecule has 0 saturated carbocycles. The molecule has 0 spiro atoms. The second kappa shape index (κ2) is 11.4. The number of carbonyl (C=O) groups is 2. The van der Waals surface area contributed by atoms with E-state index in [0.717, 1.165) is 38.7 Å². The molecular weight excluding hydrogens is 448 g/mol. The minimum Gasteiger partial charge on any atom is -0.317 e. The monoisotopic (exact) mass is 470 g/mol. The molecule has 4 aromatic carbocycles. The summed E-state index contributed by atoms with van der Waals surface area (Å²) in [5, 5.41) is 5.58. The first kappa shape index (κ1) is 22.7. The van der Waals surface area contributed by atoms with Crippen molar-refractivity contribution < 1.29 is 9.59 Å². The number of thioether (sulfide) groups is 2. The summed E-state index contributed by atoms with van der Waals surface area (Å²) in [6, 6.07) is 34.8. The van der Waals surface area contributed by atoms with Crippen LogP contribution < -0.4 is 10.6 Å². The van der Waals surface area contributed by atoms with Gasteiger partial charge in [0.25, 0.3) is 10.5 Å². The van der Waals surface area contributed by atoms with Crippen LogP contribution in [0.5, 0.6) is 0 Å². The van der Waals surface area contributed by atoms with Crippen molar-refractivity contribution in [3.8, 4) is 0 Å². The maximum absolute atomic E-state index is 12.2. The third-order valence-corrected chi connectivity index (χ3v) is 6.31. The van der Waals surface area contributed by atoms with Gasteiger partial charge >= 0.3 is 0 Å². The number of anilines is 2. The summed E-state index contributed by atoms with van der Waals surface area (Å²) < 4.78 is 0. The summed E-state index contributed by atoms with van der Waals surface area (Å²) in [6.07, 6.45) is 0.764. The van der Waals surface area contributed by atoms with Crippen LogP contribution in [-0.2, 0) is 6.42 Å². The van der Waals surface area contributed by atoms with Crippen LogP contribution in [0.3, 0.4) is 0 Å². The molecule has 0 bridgehead atoms. The number of benzene rings is 4. The molecule has 4 aromatic rings. The van der Waals surface area contributed by atoms with E-state index in [1.807, 2.05) is 109 Å². The molecule has 0 aliphatic carbocycles. The molecule has 2 N–H and O–H groups in total. The SMILES string of the molecule is O=C(Nc1ccc(Cc2ccc(NC(=O)Sc3ccccc3)cc2)cc1)Sc1ccccc1. The molecule has 33 heavy (non-hydrogen) atoms. The fraction of sp³-hybridized carbons (Fsp3) is 0.0370. The topological polar surface area (TPSA) is 58.2 Å². The normalized spacial score (nSPS) is 10.4. The Balaban J connectivity index is 1.27. The number of amides is 2. The summed E-state index contributed by atoms with van der Waals surface area (Å²) in [5.74, 6) is 0. The molecule has 0 atom stereocenters. The summed E-state index contributed by atoms with van der Waals surface area (Å²) in [4.78, 5) is 26.2. The van der Waals surface area contributed by atoms with Gasteiger partial charge < -0.3 is 10.6 Å². The molecule has 0 aliphatic heterocycles. The predicted octanol–water partition coefficient (Wildman–Crippen LogP) is 7.93. The molecule has 6 heteroatoms. The number of carbonyl (C=O) groups excluding carboxylic acids is 2. The fourth-order valence-corrected chi connectivity index (χ4v) is 4.48. The standard InChI is InChI=1S/C27H22N2O2S2/c30-26(32-24-7-3-1-4-8-24)28-22-15-11-20(12-16-22)19-21-13-17-23(18-14-21)29-27(31)33-25-9-5-2-6-10-25/h1-18H,19H2,(H,28,30)(H,29,31). The Bertz CT molecular complexity index is 1100. The fourth-order valence-electron chi connectivity index (χ4n) is 3.13. The Morgan fingerprint density at radius 3 is 1.24 bits per heavy atom. The maximum atomic E-state index is 12.2. The van der Waals surface area contributed by atoms with Crippen LogP contribution in [0.2, 0.25) is 0 Å². The Morgan fingerprint density at radius 2 is 0.879 bits per heavy atom. The molecule has 0 aliphatic rings. The van der Waals surface area contributed by atoms with Gasteiger partial charge in [0.1, 0.15) is 0 Å². The highest BCUT2D eigenvalue weighted by Crippen LogP contribution is 2.23. The van der Waals surface area contributed by atoms with Gasteiger partial charge in [-0.2, -0.15) is 0 Å². The maximum Gasteiger partial charge on any atom is 0.288 e. The van der Waals surface area contributed by atoms with E-state index in [9.17, 15) is 9.59 Å². The molecule has 4 rings (SSSR count). The summed E-state index contributed by atoms with van der Waals surface area (Å²) >= 11 is 2.34. The predicted molar refractivity (Wildman–Crippen MR) is 138 cm³/mol. The Morgan fingerprint density at radius 1 is 0.515 bits per heavy atom. The van der Waals surface area contributed by atoms with E-state index in [1.165, 1.54) is 23.5 Å². The third kappa shape index (κ3) is 7.27. The Kier molecular flexibility index (Phi) is 7.85. The zero-order valence-corrected chi connectivity index (χ0v) is 19.4. The van der Waals surface area contributed by atoms with Crippen molar-refractivity contribution in [3.05, 3.63) is 120 Å². The molecule has 0 radical (unpaired) electrons. The zero-order chi connectivity index (χ0) is 22.9. The van der Waals surface area contributed by atoms with Crippen LogP contribution in [0.15, 0.2) is 119 Å². The van der Waals surface area contributed by atoms with Gasteiger partial charge in [-0.15, -0.1) is 0 Å². The lowest BCUT2D eigenvalue weighted by Gasteiger charge is -2.08. The van der Waals surface area contributed by atoms with Gasteiger partial charge in [0, 0.05) is 21.2 Å². The molecule has 0 saturated heterocycles. The Hall–Kier alpha value is -3.48. The Labute approximate surface area is 201 Å². The van der Waals surface area contributed by atoms with Gasteiger partial charge in [-0.05, 0) is 89.6 Å². The zero-order valence-electron chi connectivity index (χ0n) is 17.7. The van der Waals surface area contributed by atoms with Crippen molar-refractivity contribution in [3.63, 3.8) is 0 Å². The molecule has 164 valence electrons. The molecule has 0 fully saturated rings. The number of rotatable bonds is 6. The van der Waals surface area contributed by atoms with E-state index in [-0.39, 0.29) is 10.5 Å². The minimum absolute atomic E-state index is 0.114. The van der Waals surface area contributed by atoms with Crippen LogP contribution in [0.4, 0.5) is 21.0 Å². The average Bonchev–Trinajstić information content (AvgIpc) is 2.83.